The van der Waals surface area contributed by atoms with Crippen molar-refractivity contribution in [2.75, 3.05) is 41.9 Å². The number of anilines is 2. The van der Waals surface area contributed by atoms with E-state index in [1.165, 1.54) is 0 Å². The zero-order chi connectivity index (χ0) is 24.4. The summed E-state index contributed by atoms with van der Waals surface area (Å²) in [5, 5.41) is 3.62. The van der Waals surface area contributed by atoms with Crippen molar-refractivity contribution in [3.05, 3.63) is 59.4 Å². The average Bonchev–Trinajstić information content (AvgIpc) is 3.27. The summed E-state index contributed by atoms with van der Waals surface area (Å²) < 4.78 is 34.9. The molecule has 182 valence electrons. The van der Waals surface area contributed by atoms with Gasteiger partial charge < -0.3 is 24.7 Å². The fourth-order valence-corrected chi connectivity index (χ4v) is 5.09. The van der Waals surface area contributed by atoms with Crippen LogP contribution in [0.25, 0.3) is 11.0 Å². The van der Waals surface area contributed by atoms with E-state index in [-0.39, 0.29) is 17.4 Å². The van der Waals surface area contributed by atoms with E-state index in [0.717, 1.165) is 16.9 Å². The smallest absolute Gasteiger partial charge is 0.230 e. The van der Waals surface area contributed by atoms with Gasteiger partial charge in [-0.1, -0.05) is 23.7 Å². The van der Waals surface area contributed by atoms with Gasteiger partial charge in [0.25, 0.3) is 0 Å². The molecular weight excluding hydrogens is 492 g/mol. The fraction of sp³-hybridized carbons (Fsp3) is 0.261. The lowest BCUT2D eigenvalue weighted by Gasteiger charge is -2.27. The molecule has 0 bridgehead atoms. The van der Waals surface area contributed by atoms with Crippen molar-refractivity contribution < 1.29 is 17.9 Å². The number of hydrogen-bond donors (Lipinski definition) is 2. The van der Waals surface area contributed by atoms with Crippen molar-refractivity contribution in [1.29, 1.82) is 0 Å². The molecule has 0 unspecified atom stereocenters. The van der Waals surface area contributed by atoms with Gasteiger partial charge in [-0.3, -0.25) is 0 Å². The van der Waals surface area contributed by atoms with Gasteiger partial charge in [0.1, 0.15) is 23.1 Å². The molecule has 2 aromatic heterocycles. The Bertz CT molecular complexity index is 1430. The lowest BCUT2D eigenvalue weighted by molar-refractivity contribution is 0.412. The Morgan fingerprint density at radius 2 is 1.89 bits per heavy atom. The van der Waals surface area contributed by atoms with Crippen molar-refractivity contribution in [3.63, 3.8) is 0 Å². The number of methoxy groups -OCH3 is 1. The molecule has 2 aromatic carbocycles. The summed E-state index contributed by atoms with van der Waals surface area (Å²) in [6.45, 7) is 0.998. The van der Waals surface area contributed by atoms with Gasteiger partial charge in [0, 0.05) is 25.2 Å². The van der Waals surface area contributed by atoms with Crippen LogP contribution in [0.2, 0.25) is 5.02 Å². The van der Waals surface area contributed by atoms with Crippen molar-refractivity contribution in [3.8, 4) is 17.4 Å². The number of para-hydroxylation sites is 2. The molecule has 5 rings (SSSR count). The van der Waals surface area contributed by atoms with Crippen molar-refractivity contribution in [2.24, 2.45) is 0 Å². The number of H-pyrrole nitrogens is 1. The fourth-order valence-electron chi connectivity index (χ4n) is 3.68. The topological polar surface area (TPSA) is 122 Å². The molecule has 0 spiro atoms. The zero-order valence-electron chi connectivity index (χ0n) is 18.9. The van der Waals surface area contributed by atoms with Gasteiger partial charge in [-0.25, -0.2) is 13.4 Å². The van der Waals surface area contributed by atoms with E-state index in [4.69, 9.17) is 21.1 Å². The first-order valence-electron chi connectivity index (χ1n) is 10.9. The number of aromatic nitrogens is 4. The number of nitrogens with one attached hydrogen (secondary N) is 2. The number of hydrogen-bond acceptors (Lipinski definition) is 9. The number of sulfone groups is 1. The highest BCUT2D eigenvalue weighted by Gasteiger charge is 2.24. The number of ether oxygens (including phenoxy) is 2. The number of halogens is 1. The highest BCUT2D eigenvalue weighted by atomic mass is 35.5. The average molecular weight is 515 g/mol. The largest absolute Gasteiger partial charge is 0.497 e. The van der Waals surface area contributed by atoms with Gasteiger partial charge in [0.2, 0.25) is 11.8 Å². The number of benzene rings is 2. The monoisotopic (exact) mass is 514 g/mol. The van der Waals surface area contributed by atoms with E-state index < -0.39 is 9.84 Å². The summed E-state index contributed by atoms with van der Waals surface area (Å²) >= 11 is 6.34. The quantitative estimate of drug-likeness (QED) is 0.380. The summed E-state index contributed by atoms with van der Waals surface area (Å²) in [6.07, 6.45) is 0. The molecule has 1 aliphatic heterocycles. The Kier molecular flexibility index (Phi) is 6.35. The van der Waals surface area contributed by atoms with Crippen LogP contribution in [0.4, 0.5) is 11.8 Å². The molecule has 1 fully saturated rings. The van der Waals surface area contributed by atoms with E-state index in [1.807, 2.05) is 29.2 Å². The molecule has 1 saturated heterocycles. The molecule has 35 heavy (non-hydrogen) atoms. The molecule has 0 atom stereocenters. The second kappa shape index (κ2) is 9.59. The molecule has 10 nitrogen and oxygen atoms in total. The normalized spacial score (nSPS) is 15.2. The van der Waals surface area contributed by atoms with Crippen LogP contribution in [-0.4, -0.2) is 60.1 Å². The molecule has 0 aliphatic carbocycles. The summed E-state index contributed by atoms with van der Waals surface area (Å²) in [5.74, 6) is 2.99. The highest BCUT2D eigenvalue weighted by Crippen LogP contribution is 2.33. The van der Waals surface area contributed by atoms with Crippen LogP contribution < -0.4 is 19.7 Å². The van der Waals surface area contributed by atoms with E-state index in [1.54, 1.807) is 31.4 Å². The number of imidazole rings is 1. The molecule has 0 radical (unpaired) electrons. The number of aromatic amines is 1. The molecule has 4 aromatic rings. The Morgan fingerprint density at radius 1 is 1.09 bits per heavy atom. The summed E-state index contributed by atoms with van der Waals surface area (Å²) in [5.41, 5.74) is 1.82. The maximum absolute atomic E-state index is 11.9. The van der Waals surface area contributed by atoms with Gasteiger partial charge in [0.15, 0.2) is 9.84 Å². The third-order valence-corrected chi connectivity index (χ3v) is 7.45. The zero-order valence-corrected chi connectivity index (χ0v) is 20.4. The summed E-state index contributed by atoms with van der Waals surface area (Å²) in [4.78, 5) is 18.8. The Labute approximate surface area is 207 Å². The molecule has 2 N–H and O–H groups in total. The predicted molar refractivity (Wildman–Crippen MR) is 134 cm³/mol. The third-order valence-electron chi connectivity index (χ3n) is 5.55. The molecule has 0 amide bonds. The second-order valence-electron chi connectivity index (χ2n) is 7.98. The second-order valence-corrected chi connectivity index (χ2v) is 10.7. The highest BCUT2D eigenvalue weighted by molar-refractivity contribution is 7.91. The summed E-state index contributed by atoms with van der Waals surface area (Å²) in [7, 11) is -1.49. The minimum absolute atomic E-state index is 0.0491. The molecule has 1 aliphatic rings. The molecule has 3 heterocycles. The third kappa shape index (κ3) is 5.41. The molecular formula is C23H23ClN6O4S. The van der Waals surface area contributed by atoms with Gasteiger partial charge in [-0.2, -0.15) is 9.97 Å². The molecule has 12 heteroatoms. The Hall–Kier alpha value is -3.57. The predicted octanol–water partition coefficient (Wildman–Crippen LogP) is 3.65. The van der Waals surface area contributed by atoms with Crippen LogP contribution in [0.3, 0.4) is 0 Å². The van der Waals surface area contributed by atoms with Gasteiger partial charge >= 0.3 is 0 Å². The van der Waals surface area contributed by atoms with Crippen LogP contribution in [0.5, 0.6) is 17.4 Å². The van der Waals surface area contributed by atoms with Crippen molar-refractivity contribution in [1.82, 2.24) is 19.9 Å². The van der Waals surface area contributed by atoms with E-state index >= 15 is 0 Å². The van der Waals surface area contributed by atoms with E-state index in [9.17, 15) is 8.42 Å². The summed E-state index contributed by atoms with van der Waals surface area (Å²) in [6, 6.07) is 14.5. The van der Waals surface area contributed by atoms with Gasteiger partial charge in [-0.05, 0) is 24.3 Å². The van der Waals surface area contributed by atoms with Gasteiger partial charge in [-0.15, -0.1) is 0 Å². The first-order valence-corrected chi connectivity index (χ1v) is 13.1. The maximum atomic E-state index is 11.9. The minimum Gasteiger partial charge on any atom is -0.497 e. The standard InChI is InChI=1S/C23H23ClN6O4S/c1-33-15-6-7-19(16(24)12-15)34-22-13-20(25-14-21-26-17-4-2-3-5-18(17)27-21)28-23(29-22)30-8-10-35(31,32)11-9-30/h2-7,12-13H,8-11,14H2,1H3,(H,26,27)(H,25,28,29). The first kappa shape index (κ1) is 23.2. The van der Waals surface area contributed by atoms with Crippen molar-refractivity contribution >= 4 is 44.2 Å². The Morgan fingerprint density at radius 3 is 2.63 bits per heavy atom. The number of rotatable bonds is 7. The lowest BCUT2D eigenvalue weighted by Crippen LogP contribution is -2.41. The lowest BCUT2D eigenvalue weighted by atomic mass is 10.3. The van der Waals surface area contributed by atoms with Crippen LogP contribution in [0, 0.1) is 0 Å². The van der Waals surface area contributed by atoms with Crippen LogP contribution >= 0.6 is 11.6 Å². The Balaban J connectivity index is 1.41. The van der Waals surface area contributed by atoms with Crippen LogP contribution in [0.1, 0.15) is 5.82 Å². The minimum atomic E-state index is -3.05. The van der Waals surface area contributed by atoms with E-state index in [0.29, 0.717) is 47.9 Å². The maximum Gasteiger partial charge on any atom is 0.230 e. The van der Waals surface area contributed by atoms with Crippen LogP contribution in [0.15, 0.2) is 48.5 Å². The SMILES string of the molecule is COc1ccc(Oc2cc(NCc3nc4ccccc4[nH]3)nc(N3CCS(=O)(=O)CC3)n2)c(Cl)c1. The first-order chi connectivity index (χ1) is 16.9. The van der Waals surface area contributed by atoms with Crippen molar-refractivity contribution in [2.45, 2.75) is 6.54 Å². The van der Waals surface area contributed by atoms with Crippen LogP contribution in [-0.2, 0) is 16.4 Å². The van der Waals surface area contributed by atoms with Gasteiger partial charge in [0.05, 0.1) is 41.2 Å². The molecule has 0 saturated carbocycles. The number of fused-ring (bicyclic) bond motifs is 1. The number of nitrogens with zero attached hydrogens (tertiary/aromatic N) is 4. The van der Waals surface area contributed by atoms with E-state index in [2.05, 4.69) is 25.3 Å².